The lowest BCUT2D eigenvalue weighted by atomic mass is 9.97. The summed E-state index contributed by atoms with van der Waals surface area (Å²) in [5.74, 6) is 1.61. The number of halogens is 3. The third kappa shape index (κ3) is 5.38. The molecule has 37 heavy (non-hydrogen) atoms. The molecule has 196 valence electrons. The van der Waals surface area contributed by atoms with Gasteiger partial charge in [0.1, 0.15) is 11.4 Å². The molecule has 5 rings (SSSR count). The molecule has 1 amide bonds. The smallest absolute Gasteiger partial charge is 0.354 e. The lowest BCUT2D eigenvalue weighted by Crippen LogP contribution is -2.23. The summed E-state index contributed by atoms with van der Waals surface area (Å²) in [6.45, 7) is 3.02. The van der Waals surface area contributed by atoms with E-state index in [1.807, 2.05) is 17.7 Å². The monoisotopic (exact) mass is 530 g/mol. The van der Waals surface area contributed by atoms with E-state index in [0.717, 1.165) is 55.4 Å². The minimum atomic E-state index is -4.29. The number of benzene rings is 1. The van der Waals surface area contributed by atoms with Crippen molar-refractivity contribution in [3.05, 3.63) is 59.3 Å². The molecule has 3 aromatic rings. The van der Waals surface area contributed by atoms with Gasteiger partial charge in [0, 0.05) is 26.4 Å². The predicted molar refractivity (Wildman–Crippen MR) is 135 cm³/mol. The number of nitrogens with one attached hydrogen (secondary N) is 1. The van der Waals surface area contributed by atoms with Gasteiger partial charge in [0.2, 0.25) is 0 Å². The molecule has 1 spiro atoms. The fourth-order valence-electron chi connectivity index (χ4n) is 5.28. The van der Waals surface area contributed by atoms with Crippen LogP contribution in [-0.4, -0.2) is 63.0 Å². The highest BCUT2D eigenvalue weighted by Crippen LogP contribution is 2.64. The zero-order chi connectivity index (χ0) is 26.2. The summed E-state index contributed by atoms with van der Waals surface area (Å²) in [6.07, 6.45) is -1.14. The fourth-order valence-corrected chi connectivity index (χ4v) is 6.11. The van der Waals surface area contributed by atoms with Crippen LogP contribution in [0.4, 0.5) is 13.2 Å². The number of carbonyl (C=O) groups is 1. The lowest BCUT2D eigenvalue weighted by Gasteiger charge is -2.16. The van der Waals surface area contributed by atoms with Gasteiger partial charge >= 0.3 is 6.18 Å². The Balaban J connectivity index is 1.10. The van der Waals surface area contributed by atoms with Gasteiger partial charge in [0.25, 0.3) is 5.91 Å². The topological polar surface area (TPSA) is 75.9 Å². The van der Waals surface area contributed by atoms with Gasteiger partial charge in [-0.15, -0.1) is 10.2 Å². The van der Waals surface area contributed by atoms with Gasteiger partial charge in [0.15, 0.2) is 11.0 Å². The number of likely N-dealkylation sites (tertiary alicyclic amines) is 1. The van der Waals surface area contributed by atoms with Crippen LogP contribution in [0, 0.1) is 5.41 Å². The average Bonchev–Trinajstić information content (AvgIpc) is 3.23. The van der Waals surface area contributed by atoms with Gasteiger partial charge in [0.05, 0.1) is 5.56 Å². The lowest BCUT2D eigenvalue weighted by molar-refractivity contribution is -0.137. The molecular formula is C26H29F3N6OS. The van der Waals surface area contributed by atoms with Crippen molar-refractivity contribution in [3.63, 3.8) is 0 Å². The molecule has 11 heteroatoms. The molecular weight excluding hydrogens is 501 g/mol. The molecule has 1 aromatic carbocycles. The number of hydrogen-bond acceptors (Lipinski definition) is 6. The van der Waals surface area contributed by atoms with Crippen LogP contribution in [-0.2, 0) is 13.2 Å². The van der Waals surface area contributed by atoms with Crippen LogP contribution >= 0.6 is 11.8 Å². The third-order valence-electron chi connectivity index (χ3n) is 7.42. The maximum atomic E-state index is 12.9. The number of carbonyl (C=O) groups excluding carboxylic acids is 1. The summed E-state index contributed by atoms with van der Waals surface area (Å²) in [4.78, 5) is 18.8. The van der Waals surface area contributed by atoms with Crippen LogP contribution in [0.25, 0.3) is 11.5 Å². The average molecular weight is 531 g/mol. The van der Waals surface area contributed by atoms with Crippen LogP contribution in [0.1, 0.15) is 46.8 Å². The van der Waals surface area contributed by atoms with Gasteiger partial charge in [-0.2, -0.15) is 13.2 Å². The van der Waals surface area contributed by atoms with E-state index in [2.05, 4.69) is 25.4 Å². The van der Waals surface area contributed by atoms with E-state index in [1.165, 1.54) is 12.1 Å². The van der Waals surface area contributed by atoms with Crippen molar-refractivity contribution in [1.29, 1.82) is 0 Å². The van der Waals surface area contributed by atoms with Crippen molar-refractivity contribution in [2.45, 2.75) is 36.5 Å². The van der Waals surface area contributed by atoms with E-state index in [1.54, 1.807) is 43.1 Å². The van der Waals surface area contributed by atoms with Crippen LogP contribution in [0.2, 0.25) is 0 Å². The Morgan fingerprint density at radius 3 is 2.70 bits per heavy atom. The Hall–Kier alpha value is -2.92. The second-order valence-electron chi connectivity index (χ2n) is 9.82. The summed E-state index contributed by atoms with van der Waals surface area (Å²) in [6, 6.07) is 11.0. The zero-order valence-electron chi connectivity index (χ0n) is 20.8. The molecule has 2 aliphatic rings. The van der Waals surface area contributed by atoms with Crippen LogP contribution in [0.3, 0.4) is 0 Å². The van der Waals surface area contributed by atoms with Crippen molar-refractivity contribution >= 4 is 17.7 Å². The molecule has 1 unspecified atom stereocenters. The third-order valence-corrected chi connectivity index (χ3v) is 8.52. The molecule has 1 aliphatic carbocycles. The van der Waals surface area contributed by atoms with Crippen LogP contribution in [0.5, 0.6) is 0 Å². The molecule has 1 aliphatic heterocycles. The van der Waals surface area contributed by atoms with Crippen molar-refractivity contribution < 1.29 is 18.0 Å². The highest BCUT2D eigenvalue weighted by atomic mass is 32.2. The molecule has 2 fully saturated rings. The molecule has 0 bridgehead atoms. The Kier molecular flexibility index (Phi) is 7.01. The number of amides is 1. The quantitative estimate of drug-likeness (QED) is 0.339. The fraction of sp³-hybridized carbons (Fsp3) is 0.462. The largest absolute Gasteiger partial charge is 0.416 e. The first-order valence-electron chi connectivity index (χ1n) is 12.3. The van der Waals surface area contributed by atoms with Gasteiger partial charge in [-0.1, -0.05) is 30.0 Å². The maximum absolute atomic E-state index is 12.9. The summed E-state index contributed by atoms with van der Waals surface area (Å²) in [7, 11) is 3.46. The first-order valence-corrected chi connectivity index (χ1v) is 13.3. The molecule has 0 radical (unpaired) electrons. The summed E-state index contributed by atoms with van der Waals surface area (Å²) in [5.41, 5.74) is 1.59. The van der Waals surface area contributed by atoms with E-state index in [9.17, 15) is 18.0 Å². The molecule has 1 N–H and O–H groups in total. The number of pyridine rings is 1. The Morgan fingerprint density at radius 2 is 1.97 bits per heavy atom. The SMILES string of the molecule is CNC(=O)c1cccc(-c2nnc(SCCCN3CC[C@]4(CC4c4ccc(C(F)(F)F)cc4)C3)n2C)n1. The second-order valence-corrected chi connectivity index (χ2v) is 10.9. The van der Waals surface area contributed by atoms with E-state index in [-0.39, 0.29) is 11.3 Å². The Labute approximate surface area is 217 Å². The highest BCUT2D eigenvalue weighted by molar-refractivity contribution is 7.99. The number of thioether (sulfide) groups is 1. The van der Waals surface area contributed by atoms with E-state index in [0.29, 0.717) is 23.1 Å². The highest BCUT2D eigenvalue weighted by Gasteiger charge is 2.57. The number of rotatable bonds is 8. The van der Waals surface area contributed by atoms with Crippen LogP contribution < -0.4 is 5.32 Å². The van der Waals surface area contributed by atoms with E-state index < -0.39 is 11.7 Å². The predicted octanol–water partition coefficient (Wildman–Crippen LogP) is 4.62. The van der Waals surface area contributed by atoms with E-state index in [4.69, 9.17) is 0 Å². The second kappa shape index (κ2) is 10.1. The van der Waals surface area contributed by atoms with Gasteiger partial charge in [-0.25, -0.2) is 4.98 Å². The molecule has 1 saturated heterocycles. The zero-order valence-corrected chi connectivity index (χ0v) is 21.6. The summed E-state index contributed by atoms with van der Waals surface area (Å²) >= 11 is 1.64. The number of hydrogen-bond donors (Lipinski definition) is 1. The van der Waals surface area contributed by atoms with Gasteiger partial charge in [-0.05, 0) is 73.5 Å². The van der Waals surface area contributed by atoms with Crippen LogP contribution in [0.15, 0.2) is 47.6 Å². The Bertz CT molecular complexity index is 1280. The normalized spacial score (nSPS) is 21.5. The van der Waals surface area contributed by atoms with Crippen molar-refractivity contribution in [3.8, 4) is 11.5 Å². The van der Waals surface area contributed by atoms with E-state index >= 15 is 0 Å². The molecule has 7 nitrogen and oxygen atoms in total. The molecule has 2 aromatic heterocycles. The Morgan fingerprint density at radius 1 is 1.19 bits per heavy atom. The maximum Gasteiger partial charge on any atom is 0.416 e. The minimum absolute atomic E-state index is 0.224. The van der Waals surface area contributed by atoms with Crippen molar-refractivity contribution in [1.82, 2.24) is 30.0 Å². The summed E-state index contributed by atoms with van der Waals surface area (Å²) in [5, 5.41) is 12.0. The summed E-state index contributed by atoms with van der Waals surface area (Å²) < 4.78 is 40.5. The minimum Gasteiger partial charge on any atom is -0.354 e. The number of alkyl halides is 3. The number of nitrogens with zero attached hydrogens (tertiary/aromatic N) is 5. The molecule has 1 saturated carbocycles. The number of aromatic nitrogens is 4. The van der Waals surface area contributed by atoms with Gasteiger partial charge < -0.3 is 14.8 Å². The standard InChI is InChI=1S/C26H29F3N6OS/c1-30-23(36)21-6-3-5-20(31-21)22-32-33-24(34(22)2)37-14-4-12-35-13-11-25(16-35)15-19(25)17-7-9-18(10-8-17)26(27,28)29/h3,5-10,19H,4,11-16H2,1-2H3,(H,30,36)/t19?,25-/m0/s1. The van der Waals surface area contributed by atoms with Crippen molar-refractivity contribution in [2.75, 3.05) is 32.4 Å². The first kappa shape index (κ1) is 25.7. The van der Waals surface area contributed by atoms with Crippen molar-refractivity contribution in [2.24, 2.45) is 12.5 Å². The molecule has 2 atom stereocenters. The first-order chi connectivity index (χ1) is 17.7. The molecule has 3 heterocycles. The van der Waals surface area contributed by atoms with Gasteiger partial charge in [-0.3, -0.25) is 4.79 Å².